The van der Waals surface area contributed by atoms with Crippen LogP contribution in [0.4, 0.5) is 5.69 Å². The first-order valence-electron chi connectivity index (χ1n) is 8.92. The molecule has 2 aliphatic rings. The fourth-order valence-corrected chi connectivity index (χ4v) is 4.97. The minimum Gasteiger partial charge on any atom is -0.479 e. The topological polar surface area (TPSA) is 109 Å². The minimum atomic E-state index is -3.78. The summed E-state index contributed by atoms with van der Waals surface area (Å²) >= 11 is 3.16. The number of carbonyl (C=O) groups excluding carboxylic acids is 2. The molecule has 1 aromatic heterocycles. The number of piperazine rings is 1. The first-order chi connectivity index (χ1) is 13.8. The second kappa shape index (κ2) is 7.47. The summed E-state index contributed by atoms with van der Waals surface area (Å²) in [5.41, 5.74) is 0.325. The van der Waals surface area contributed by atoms with Gasteiger partial charge in [0.05, 0.1) is 10.6 Å². The Labute approximate surface area is 175 Å². The summed E-state index contributed by atoms with van der Waals surface area (Å²) in [5, 5.41) is 2.65. The molecule has 2 amide bonds. The van der Waals surface area contributed by atoms with Crippen molar-refractivity contribution in [1.29, 1.82) is 0 Å². The van der Waals surface area contributed by atoms with Gasteiger partial charge in [0.15, 0.2) is 16.5 Å². The number of benzene rings is 1. The second-order valence-electron chi connectivity index (χ2n) is 6.71. The first kappa shape index (κ1) is 19.9. The standard InChI is InChI=1S/C18H18BrN3O6S/c1-11-17(23)20-13-10-12(2-3-14(13)27-11)29(25,26)22-8-6-21(7-9-22)18(24)15-4-5-16(19)28-15/h2-5,10-11H,6-9H2,1H3,(H,20,23). The third-order valence-electron chi connectivity index (χ3n) is 4.83. The number of hydrogen-bond donors (Lipinski definition) is 1. The highest BCUT2D eigenvalue weighted by Gasteiger charge is 2.32. The molecule has 0 saturated carbocycles. The van der Waals surface area contributed by atoms with Crippen LogP contribution in [0, 0.1) is 0 Å². The molecule has 4 rings (SSSR count). The number of anilines is 1. The van der Waals surface area contributed by atoms with Crippen LogP contribution in [0.15, 0.2) is 44.3 Å². The van der Waals surface area contributed by atoms with E-state index in [0.717, 1.165) is 0 Å². The smallest absolute Gasteiger partial charge is 0.289 e. The predicted molar refractivity (Wildman–Crippen MR) is 106 cm³/mol. The first-order valence-corrected chi connectivity index (χ1v) is 11.2. The van der Waals surface area contributed by atoms with Gasteiger partial charge < -0.3 is 19.4 Å². The van der Waals surface area contributed by atoms with Gasteiger partial charge in [-0.15, -0.1) is 0 Å². The summed E-state index contributed by atoms with van der Waals surface area (Å²) in [6.45, 7) is 2.43. The Balaban J connectivity index is 1.47. The summed E-state index contributed by atoms with van der Waals surface area (Å²) in [6.07, 6.45) is -0.634. The van der Waals surface area contributed by atoms with Crippen molar-refractivity contribution in [3.05, 3.63) is 40.8 Å². The summed E-state index contributed by atoms with van der Waals surface area (Å²) in [4.78, 5) is 25.9. The molecule has 2 aromatic rings. The van der Waals surface area contributed by atoms with Gasteiger partial charge in [0.1, 0.15) is 5.75 Å². The van der Waals surface area contributed by atoms with E-state index < -0.39 is 16.1 Å². The average Bonchev–Trinajstić information content (AvgIpc) is 3.14. The summed E-state index contributed by atoms with van der Waals surface area (Å²) in [6, 6.07) is 7.59. The summed E-state index contributed by atoms with van der Waals surface area (Å²) in [7, 11) is -3.78. The van der Waals surface area contributed by atoms with Gasteiger partial charge in [-0.2, -0.15) is 4.31 Å². The number of furan rings is 1. The molecule has 1 unspecified atom stereocenters. The molecule has 0 bridgehead atoms. The number of fused-ring (bicyclic) bond motifs is 1. The molecule has 2 aliphatic heterocycles. The van der Waals surface area contributed by atoms with Crippen LogP contribution in [-0.4, -0.2) is 61.7 Å². The van der Waals surface area contributed by atoms with E-state index in [-0.39, 0.29) is 48.6 Å². The van der Waals surface area contributed by atoms with Gasteiger partial charge in [0, 0.05) is 26.2 Å². The number of ether oxygens (including phenoxy) is 1. The van der Waals surface area contributed by atoms with Crippen LogP contribution in [0.1, 0.15) is 17.5 Å². The Morgan fingerprint density at radius 3 is 2.55 bits per heavy atom. The number of carbonyl (C=O) groups is 2. The zero-order chi connectivity index (χ0) is 20.8. The molecule has 0 radical (unpaired) electrons. The molecule has 0 aliphatic carbocycles. The van der Waals surface area contributed by atoms with E-state index in [0.29, 0.717) is 16.1 Å². The minimum absolute atomic E-state index is 0.0597. The quantitative estimate of drug-likeness (QED) is 0.713. The largest absolute Gasteiger partial charge is 0.479 e. The normalized spacial score (nSPS) is 20.0. The Kier molecular flexibility index (Phi) is 5.13. The molecule has 1 fully saturated rings. The van der Waals surface area contributed by atoms with Crippen LogP contribution in [0.3, 0.4) is 0 Å². The molecule has 1 N–H and O–H groups in total. The van der Waals surface area contributed by atoms with E-state index >= 15 is 0 Å². The van der Waals surface area contributed by atoms with Gasteiger partial charge in [0.2, 0.25) is 10.0 Å². The molecule has 154 valence electrons. The lowest BCUT2D eigenvalue weighted by Gasteiger charge is -2.33. The SMILES string of the molecule is CC1Oc2ccc(S(=O)(=O)N3CCN(C(=O)c4ccc(Br)o4)CC3)cc2NC1=O. The predicted octanol–water partition coefficient (Wildman–Crippen LogP) is 1.91. The number of nitrogens with zero attached hydrogens (tertiary/aromatic N) is 2. The van der Waals surface area contributed by atoms with E-state index in [1.165, 1.54) is 22.5 Å². The number of amides is 2. The number of sulfonamides is 1. The molecular weight excluding hydrogens is 466 g/mol. The Bertz CT molecular complexity index is 1080. The maximum Gasteiger partial charge on any atom is 0.289 e. The Morgan fingerprint density at radius 1 is 1.17 bits per heavy atom. The molecule has 29 heavy (non-hydrogen) atoms. The highest BCUT2D eigenvalue weighted by molar-refractivity contribution is 9.10. The van der Waals surface area contributed by atoms with Crippen molar-refractivity contribution in [3.63, 3.8) is 0 Å². The van der Waals surface area contributed by atoms with Crippen LogP contribution < -0.4 is 10.1 Å². The Morgan fingerprint density at radius 2 is 1.90 bits per heavy atom. The van der Waals surface area contributed by atoms with Crippen LogP contribution in [0.5, 0.6) is 5.75 Å². The summed E-state index contributed by atoms with van der Waals surface area (Å²) < 4.78 is 38.6. The van der Waals surface area contributed by atoms with Crippen molar-refractivity contribution in [2.24, 2.45) is 0 Å². The van der Waals surface area contributed by atoms with Crippen molar-refractivity contribution in [1.82, 2.24) is 9.21 Å². The fourth-order valence-electron chi connectivity index (χ4n) is 3.21. The zero-order valence-corrected chi connectivity index (χ0v) is 17.8. The van der Waals surface area contributed by atoms with Crippen LogP contribution in [0.2, 0.25) is 0 Å². The molecule has 1 atom stereocenters. The Hall–Kier alpha value is -2.37. The van der Waals surface area contributed by atoms with Crippen molar-refractivity contribution >= 4 is 43.5 Å². The average molecular weight is 484 g/mol. The van der Waals surface area contributed by atoms with Crippen LogP contribution >= 0.6 is 15.9 Å². The van der Waals surface area contributed by atoms with Gasteiger partial charge in [-0.1, -0.05) is 0 Å². The molecule has 1 saturated heterocycles. The van der Waals surface area contributed by atoms with Crippen LogP contribution in [0.25, 0.3) is 0 Å². The van der Waals surface area contributed by atoms with Gasteiger partial charge in [-0.05, 0) is 53.2 Å². The zero-order valence-electron chi connectivity index (χ0n) is 15.4. The number of hydrogen-bond acceptors (Lipinski definition) is 6. The number of halogens is 1. The van der Waals surface area contributed by atoms with Gasteiger partial charge in [0.25, 0.3) is 11.8 Å². The lowest BCUT2D eigenvalue weighted by atomic mass is 10.2. The van der Waals surface area contributed by atoms with Gasteiger partial charge in [-0.25, -0.2) is 8.42 Å². The lowest BCUT2D eigenvalue weighted by Crippen LogP contribution is -2.50. The highest BCUT2D eigenvalue weighted by Crippen LogP contribution is 2.33. The van der Waals surface area contributed by atoms with Crippen molar-refractivity contribution in [3.8, 4) is 5.75 Å². The molecule has 3 heterocycles. The fraction of sp³-hybridized carbons (Fsp3) is 0.333. The van der Waals surface area contributed by atoms with E-state index in [1.807, 2.05) is 0 Å². The van der Waals surface area contributed by atoms with Crippen molar-refractivity contribution < 1.29 is 27.2 Å². The van der Waals surface area contributed by atoms with Gasteiger partial charge >= 0.3 is 0 Å². The molecule has 11 heteroatoms. The molecule has 0 spiro atoms. The maximum atomic E-state index is 13.0. The third kappa shape index (κ3) is 3.77. The van der Waals surface area contributed by atoms with Crippen LogP contribution in [-0.2, 0) is 14.8 Å². The maximum absolute atomic E-state index is 13.0. The van der Waals surface area contributed by atoms with Crippen molar-refractivity contribution in [2.75, 3.05) is 31.5 Å². The van der Waals surface area contributed by atoms with Crippen molar-refractivity contribution in [2.45, 2.75) is 17.9 Å². The number of rotatable bonds is 3. The molecular formula is C18H18BrN3O6S. The molecule has 9 nitrogen and oxygen atoms in total. The van der Waals surface area contributed by atoms with E-state index in [1.54, 1.807) is 24.0 Å². The highest BCUT2D eigenvalue weighted by atomic mass is 79.9. The van der Waals surface area contributed by atoms with E-state index in [9.17, 15) is 18.0 Å². The molecule has 1 aromatic carbocycles. The second-order valence-corrected chi connectivity index (χ2v) is 9.43. The summed E-state index contributed by atoms with van der Waals surface area (Å²) in [5.74, 6) is 0.0168. The monoisotopic (exact) mass is 483 g/mol. The third-order valence-corrected chi connectivity index (χ3v) is 7.15. The lowest BCUT2D eigenvalue weighted by molar-refractivity contribution is -0.122. The van der Waals surface area contributed by atoms with Gasteiger partial charge in [-0.3, -0.25) is 9.59 Å². The van der Waals surface area contributed by atoms with E-state index in [4.69, 9.17) is 9.15 Å². The van der Waals surface area contributed by atoms with E-state index in [2.05, 4.69) is 21.2 Å². The number of nitrogens with one attached hydrogen (secondary N) is 1.